The van der Waals surface area contributed by atoms with Crippen molar-refractivity contribution >= 4 is 45.3 Å². The Bertz CT molecular complexity index is 1440. The summed E-state index contributed by atoms with van der Waals surface area (Å²) in [6.07, 6.45) is -6.52. The van der Waals surface area contributed by atoms with Gasteiger partial charge in [0, 0.05) is 22.7 Å². The molecule has 0 unspecified atom stereocenters. The molecule has 176 valence electrons. The van der Waals surface area contributed by atoms with Gasteiger partial charge in [0.1, 0.15) is 11.4 Å². The van der Waals surface area contributed by atoms with Crippen molar-refractivity contribution in [3.63, 3.8) is 0 Å². The molecule has 1 aliphatic rings. The Labute approximate surface area is 191 Å². The number of carbonyl (C=O) groups is 1. The Morgan fingerprint density at radius 2 is 1.94 bits per heavy atom. The Morgan fingerprint density at radius 1 is 1.15 bits per heavy atom. The topological polar surface area (TPSA) is 127 Å². The molecule has 0 aliphatic carbocycles. The van der Waals surface area contributed by atoms with Gasteiger partial charge in [-0.2, -0.15) is 0 Å². The predicted octanol–water partition coefficient (Wildman–Crippen LogP) is 4.68. The van der Waals surface area contributed by atoms with Gasteiger partial charge in [0.15, 0.2) is 16.6 Å². The van der Waals surface area contributed by atoms with Crippen molar-refractivity contribution < 1.29 is 31.8 Å². The largest absolute Gasteiger partial charge is 0.586 e. The molecule has 0 saturated heterocycles. The molecular formula is C19H13F4N7O3S. The number of nitrogens with zero attached hydrogens (tertiary/aromatic N) is 4. The highest BCUT2D eigenvalue weighted by Gasteiger charge is 2.44. The lowest BCUT2D eigenvalue weighted by Crippen LogP contribution is -2.26. The van der Waals surface area contributed by atoms with Crippen LogP contribution < -0.4 is 20.1 Å². The van der Waals surface area contributed by atoms with Gasteiger partial charge in [-0.1, -0.05) is 0 Å². The van der Waals surface area contributed by atoms with E-state index in [2.05, 4.69) is 45.0 Å². The summed E-state index contributed by atoms with van der Waals surface area (Å²) in [5, 5.41) is 6.88. The summed E-state index contributed by atoms with van der Waals surface area (Å²) in [6.45, 7) is 3.08. The highest BCUT2D eigenvalue weighted by atomic mass is 32.1. The number of H-pyrrole nitrogens is 1. The van der Waals surface area contributed by atoms with E-state index in [1.54, 1.807) is 6.92 Å². The summed E-state index contributed by atoms with van der Waals surface area (Å²) in [6, 6.07) is 2.46. The Kier molecular flexibility index (Phi) is 5.00. The van der Waals surface area contributed by atoms with Crippen molar-refractivity contribution in [2.75, 3.05) is 10.6 Å². The van der Waals surface area contributed by atoms with Crippen LogP contribution in [0.5, 0.6) is 11.5 Å². The van der Waals surface area contributed by atoms with Crippen molar-refractivity contribution in [3.05, 3.63) is 40.2 Å². The molecule has 1 aromatic carbocycles. The number of hydrogen-bond acceptors (Lipinski definition) is 9. The van der Waals surface area contributed by atoms with Gasteiger partial charge in [-0.3, -0.25) is 10.1 Å². The third-order valence-electron chi connectivity index (χ3n) is 4.66. The molecule has 4 heterocycles. The summed E-state index contributed by atoms with van der Waals surface area (Å²) in [7, 11) is 0. The molecule has 0 radical (unpaired) electrons. The standard InChI is InChI=1S/C19H13F4N7O3S/c1-6-3-9(14(20)21)26-16(24-6)30-18-27-10(5-34-18)15(31)29-17-25-8-4-11-13(7(2)12(8)28-17)33-19(22,23)32-11/h3-5,14H,1-2H3,(H,24,26,27,30)(H2,25,28,29,31). The number of benzene rings is 1. The average molecular weight is 495 g/mol. The Balaban J connectivity index is 1.33. The number of imidazole rings is 1. The minimum Gasteiger partial charge on any atom is -0.395 e. The Hall–Kier alpha value is -4.01. The number of aryl methyl sites for hydroxylation is 2. The van der Waals surface area contributed by atoms with Gasteiger partial charge in [0.25, 0.3) is 12.3 Å². The number of fused-ring (bicyclic) bond motifs is 2. The number of alkyl halides is 4. The average Bonchev–Trinajstić information content (AvgIpc) is 3.44. The van der Waals surface area contributed by atoms with Gasteiger partial charge in [-0.15, -0.1) is 20.1 Å². The first-order valence-corrected chi connectivity index (χ1v) is 10.4. The maximum Gasteiger partial charge on any atom is 0.586 e. The Morgan fingerprint density at radius 3 is 2.71 bits per heavy atom. The first kappa shape index (κ1) is 21.8. The molecule has 0 atom stereocenters. The summed E-state index contributed by atoms with van der Waals surface area (Å²) >= 11 is 1.04. The zero-order chi connectivity index (χ0) is 24.2. The summed E-state index contributed by atoms with van der Waals surface area (Å²) in [4.78, 5) is 31.5. The molecule has 1 aliphatic heterocycles. The van der Waals surface area contributed by atoms with Crippen molar-refractivity contribution in [1.82, 2.24) is 24.9 Å². The van der Waals surface area contributed by atoms with E-state index in [-0.39, 0.29) is 34.2 Å². The lowest BCUT2D eigenvalue weighted by molar-refractivity contribution is -0.286. The highest BCUT2D eigenvalue weighted by Crippen LogP contribution is 2.45. The number of carbonyl (C=O) groups excluding carboxylic acids is 1. The van der Waals surface area contributed by atoms with Crippen LogP contribution in [0.4, 0.5) is 34.6 Å². The number of ether oxygens (including phenoxy) is 2. The molecule has 0 bridgehead atoms. The van der Waals surface area contributed by atoms with Gasteiger partial charge in [-0.25, -0.2) is 28.7 Å². The second-order valence-electron chi connectivity index (χ2n) is 7.15. The summed E-state index contributed by atoms with van der Waals surface area (Å²) in [5.41, 5.74) is 0.883. The highest BCUT2D eigenvalue weighted by molar-refractivity contribution is 7.14. The van der Waals surface area contributed by atoms with Gasteiger partial charge in [0.05, 0.1) is 11.0 Å². The number of aromatic nitrogens is 5. The number of halogens is 4. The van der Waals surface area contributed by atoms with Crippen LogP contribution in [0.25, 0.3) is 11.0 Å². The lowest BCUT2D eigenvalue weighted by atomic mass is 10.1. The van der Waals surface area contributed by atoms with Crippen molar-refractivity contribution in [1.29, 1.82) is 0 Å². The van der Waals surface area contributed by atoms with Gasteiger partial charge in [-0.05, 0) is 19.9 Å². The van der Waals surface area contributed by atoms with Crippen LogP contribution in [0.3, 0.4) is 0 Å². The number of thiazole rings is 1. The normalized spacial score (nSPS) is 14.1. The van der Waals surface area contributed by atoms with Gasteiger partial charge >= 0.3 is 6.29 Å². The van der Waals surface area contributed by atoms with E-state index < -0.39 is 24.3 Å². The molecule has 0 fully saturated rings. The molecule has 4 aromatic rings. The van der Waals surface area contributed by atoms with Crippen LogP contribution in [0.15, 0.2) is 17.5 Å². The first-order valence-electron chi connectivity index (χ1n) is 9.55. The van der Waals surface area contributed by atoms with Crippen LogP contribution in [-0.2, 0) is 0 Å². The van der Waals surface area contributed by atoms with E-state index in [4.69, 9.17) is 0 Å². The van der Waals surface area contributed by atoms with Crippen LogP contribution in [-0.4, -0.2) is 37.1 Å². The zero-order valence-corrected chi connectivity index (χ0v) is 18.1. The third-order valence-corrected chi connectivity index (χ3v) is 5.42. The summed E-state index contributed by atoms with van der Waals surface area (Å²) in [5.74, 6) is -0.936. The zero-order valence-electron chi connectivity index (χ0n) is 17.2. The number of nitrogens with one attached hydrogen (secondary N) is 3. The monoisotopic (exact) mass is 495 g/mol. The third kappa shape index (κ3) is 4.05. The molecule has 15 heteroatoms. The molecule has 0 saturated carbocycles. The van der Waals surface area contributed by atoms with Crippen LogP contribution in [0.2, 0.25) is 0 Å². The molecule has 10 nitrogen and oxygen atoms in total. The fourth-order valence-corrected chi connectivity index (χ4v) is 3.94. The first-order chi connectivity index (χ1) is 16.1. The summed E-state index contributed by atoms with van der Waals surface area (Å²) < 4.78 is 61.6. The second kappa shape index (κ2) is 7.79. The minimum absolute atomic E-state index is 0.0141. The van der Waals surface area contributed by atoms with E-state index in [0.717, 1.165) is 11.3 Å². The van der Waals surface area contributed by atoms with E-state index in [9.17, 15) is 22.4 Å². The maximum atomic E-state index is 13.3. The van der Waals surface area contributed by atoms with Crippen LogP contribution in [0.1, 0.15) is 33.9 Å². The second-order valence-corrected chi connectivity index (χ2v) is 8.01. The van der Waals surface area contributed by atoms with Gasteiger partial charge in [0.2, 0.25) is 11.9 Å². The van der Waals surface area contributed by atoms with Crippen molar-refractivity contribution in [2.45, 2.75) is 26.6 Å². The number of anilines is 3. The van der Waals surface area contributed by atoms with Crippen LogP contribution in [0, 0.1) is 13.8 Å². The smallest absolute Gasteiger partial charge is 0.395 e. The molecule has 0 spiro atoms. The fraction of sp³-hybridized carbons (Fsp3) is 0.211. The quantitative estimate of drug-likeness (QED) is 0.341. The number of hydrogen-bond donors (Lipinski definition) is 3. The SMILES string of the molecule is Cc1cc(C(F)F)nc(Nc2nc(C(=O)Nc3nc4c(C)c5c(cc4[nH]3)OC(F)(F)O5)cs2)n1. The number of aromatic amines is 1. The van der Waals surface area contributed by atoms with Crippen molar-refractivity contribution in [2.24, 2.45) is 0 Å². The van der Waals surface area contributed by atoms with E-state index in [1.807, 2.05) is 0 Å². The number of rotatable bonds is 5. The molecular weight excluding hydrogens is 482 g/mol. The minimum atomic E-state index is -3.76. The fourth-order valence-electron chi connectivity index (χ4n) is 3.26. The van der Waals surface area contributed by atoms with Crippen molar-refractivity contribution in [3.8, 4) is 11.5 Å². The van der Waals surface area contributed by atoms with E-state index >= 15 is 0 Å². The maximum absolute atomic E-state index is 13.3. The van der Waals surface area contributed by atoms with Gasteiger partial charge < -0.3 is 19.8 Å². The van der Waals surface area contributed by atoms with E-state index in [1.165, 1.54) is 24.4 Å². The molecule has 3 aromatic heterocycles. The lowest BCUT2D eigenvalue weighted by Gasteiger charge is -2.05. The molecule has 1 amide bonds. The van der Waals surface area contributed by atoms with E-state index in [0.29, 0.717) is 22.3 Å². The molecule has 34 heavy (non-hydrogen) atoms. The molecule has 3 N–H and O–H groups in total. The predicted molar refractivity (Wildman–Crippen MR) is 112 cm³/mol. The number of amides is 1. The van der Waals surface area contributed by atoms with Crippen LogP contribution >= 0.6 is 11.3 Å². The molecule has 5 rings (SSSR count).